The zero-order chi connectivity index (χ0) is 13.1. The largest absolute Gasteiger partial charge is 0.315 e. The van der Waals surface area contributed by atoms with E-state index < -0.39 is 0 Å². The van der Waals surface area contributed by atoms with Crippen LogP contribution in [0.3, 0.4) is 0 Å². The van der Waals surface area contributed by atoms with Crippen molar-refractivity contribution in [2.24, 2.45) is 0 Å². The van der Waals surface area contributed by atoms with Gasteiger partial charge in [-0.15, -0.1) is 0 Å². The molecule has 104 valence electrons. The monoisotopic (exact) mass is 258 g/mol. The topological polar surface area (TPSA) is 15.3 Å². The van der Waals surface area contributed by atoms with Crippen molar-refractivity contribution in [1.82, 2.24) is 10.2 Å². The summed E-state index contributed by atoms with van der Waals surface area (Å²) in [5.41, 5.74) is 2.92. The van der Waals surface area contributed by atoms with E-state index in [2.05, 4.69) is 41.4 Å². The number of hydrogen-bond acceptors (Lipinski definition) is 2. The predicted molar refractivity (Wildman–Crippen MR) is 80.6 cm³/mol. The molecule has 0 spiro atoms. The van der Waals surface area contributed by atoms with Crippen molar-refractivity contribution in [3.05, 3.63) is 35.4 Å². The number of rotatable bonds is 2. The molecule has 0 aromatic heterocycles. The summed E-state index contributed by atoms with van der Waals surface area (Å²) in [4.78, 5) is 2.72. The summed E-state index contributed by atoms with van der Waals surface area (Å²) >= 11 is 0. The van der Waals surface area contributed by atoms with Crippen LogP contribution in [0.2, 0.25) is 0 Å². The lowest BCUT2D eigenvalue weighted by atomic mass is 9.88. The molecule has 3 rings (SSSR count). The SMILES string of the molecule is Cc1ccc(C2CCN(C3CCCNC3)CC2)cc1. The molecule has 1 N–H and O–H groups in total. The van der Waals surface area contributed by atoms with E-state index >= 15 is 0 Å². The van der Waals surface area contributed by atoms with Crippen LogP contribution in [0.4, 0.5) is 0 Å². The molecule has 2 nitrogen and oxygen atoms in total. The fourth-order valence-corrected chi connectivity index (χ4v) is 3.58. The van der Waals surface area contributed by atoms with Crippen molar-refractivity contribution in [2.45, 2.75) is 44.6 Å². The number of piperidine rings is 2. The van der Waals surface area contributed by atoms with E-state index in [9.17, 15) is 0 Å². The van der Waals surface area contributed by atoms with Gasteiger partial charge in [-0.1, -0.05) is 29.8 Å². The molecule has 2 saturated heterocycles. The van der Waals surface area contributed by atoms with Gasteiger partial charge < -0.3 is 5.32 Å². The highest BCUT2D eigenvalue weighted by molar-refractivity contribution is 5.24. The first-order valence-corrected chi connectivity index (χ1v) is 7.84. The van der Waals surface area contributed by atoms with Crippen LogP contribution in [0.5, 0.6) is 0 Å². The molecule has 2 heteroatoms. The highest BCUT2D eigenvalue weighted by Gasteiger charge is 2.26. The molecule has 2 fully saturated rings. The Balaban J connectivity index is 1.55. The zero-order valence-corrected chi connectivity index (χ0v) is 12.1. The van der Waals surface area contributed by atoms with E-state index in [1.54, 1.807) is 5.56 Å². The summed E-state index contributed by atoms with van der Waals surface area (Å²) in [5, 5.41) is 3.54. The molecule has 2 heterocycles. The standard InChI is InChI=1S/C17H26N2/c1-14-4-6-15(7-5-14)16-8-11-19(12-9-16)17-3-2-10-18-13-17/h4-7,16-18H,2-3,8-13H2,1H3. The fourth-order valence-electron chi connectivity index (χ4n) is 3.58. The molecule has 1 atom stereocenters. The van der Waals surface area contributed by atoms with Gasteiger partial charge in [-0.25, -0.2) is 0 Å². The summed E-state index contributed by atoms with van der Waals surface area (Å²) in [6, 6.07) is 9.97. The van der Waals surface area contributed by atoms with Crippen LogP contribution in [-0.4, -0.2) is 37.1 Å². The minimum absolute atomic E-state index is 0.786. The second-order valence-electron chi connectivity index (χ2n) is 6.22. The van der Waals surface area contributed by atoms with Crippen LogP contribution < -0.4 is 5.32 Å². The number of benzene rings is 1. The van der Waals surface area contributed by atoms with Gasteiger partial charge in [0.15, 0.2) is 0 Å². The van der Waals surface area contributed by atoms with Crippen molar-refractivity contribution >= 4 is 0 Å². The van der Waals surface area contributed by atoms with E-state index in [4.69, 9.17) is 0 Å². The second kappa shape index (κ2) is 6.06. The summed E-state index contributed by atoms with van der Waals surface area (Å²) in [6.45, 7) is 7.16. The van der Waals surface area contributed by atoms with Crippen molar-refractivity contribution in [3.8, 4) is 0 Å². The van der Waals surface area contributed by atoms with Gasteiger partial charge in [0.05, 0.1) is 0 Å². The number of nitrogens with one attached hydrogen (secondary N) is 1. The van der Waals surface area contributed by atoms with Gasteiger partial charge in [0.1, 0.15) is 0 Å². The molecule has 1 aromatic rings. The Hall–Kier alpha value is -0.860. The maximum absolute atomic E-state index is 3.54. The lowest BCUT2D eigenvalue weighted by molar-refractivity contribution is 0.130. The molecule has 2 aliphatic rings. The number of nitrogens with zero attached hydrogens (tertiary/aromatic N) is 1. The van der Waals surface area contributed by atoms with Gasteiger partial charge in [0, 0.05) is 12.6 Å². The molecule has 19 heavy (non-hydrogen) atoms. The van der Waals surface area contributed by atoms with Crippen LogP contribution in [0.25, 0.3) is 0 Å². The lowest BCUT2D eigenvalue weighted by Crippen LogP contribution is -2.48. The Morgan fingerprint density at radius 2 is 1.79 bits per heavy atom. The lowest BCUT2D eigenvalue weighted by Gasteiger charge is -2.39. The van der Waals surface area contributed by atoms with E-state index in [1.165, 1.54) is 57.4 Å². The van der Waals surface area contributed by atoms with Gasteiger partial charge in [0.25, 0.3) is 0 Å². The summed E-state index contributed by atoms with van der Waals surface area (Å²) in [6.07, 6.45) is 5.41. The van der Waals surface area contributed by atoms with Crippen molar-refractivity contribution in [1.29, 1.82) is 0 Å². The maximum Gasteiger partial charge on any atom is 0.0221 e. The smallest absolute Gasteiger partial charge is 0.0221 e. The Kier molecular flexibility index (Phi) is 4.19. The molecule has 0 radical (unpaired) electrons. The van der Waals surface area contributed by atoms with E-state index in [-0.39, 0.29) is 0 Å². The third-order valence-corrected chi connectivity index (χ3v) is 4.87. The van der Waals surface area contributed by atoms with Crippen molar-refractivity contribution < 1.29 is 0 Å². The zero-order valence-electron chi connectivity index (χ0n) is 12.1. The van der Waals surface area contributed by atoms with Gasteiger partial charge in [0.2, 0.25) is 0 Å². The van der Waals surface area contributed by atoms with Gasteiger partial charge in [-0.05, 0) is 63.7 Å². The molecular weight excluding hydrogens is 232 g/mol. The van der Waals surface area contributed by atoms with Crippen LogP contribution in [0.15, 0.2) is 24.3 Å². The van der Waals surface area contributed by atoms with Crippen LogP contribution >= 0.6 is 0 Å². The highest BCUT2D eigenvalue weighted by Crippen LogP contribution is 2.29. The van der Waals surface area contributed by atoms with Crippen molar-refractivity contribution in [3.63, 3.8) is 0 Å². The quantitative estimate of drug-likeness (QED) is 0.877. The predicted octanol–water partition coefficient (Wildman–Crippen LogP) is 2.93. The normalized spacial score (nSPS) is 26.5. The second-order valence-corrected chi connectivity index (χ2v) is 6.22. The van der Waals surface area contributed by atoms with E-state index in [1.807, 2.05) is 0 Å². The Morgan fingerprint density at radius 3 is 2.42 bits per heavy atom. The molecule has 0 aliphatic carbocycles. The first kappa shape index (κ1) is 13.1. The Bertz CT molecular complexity index is 384. The number of likely N-dealkylation sites (tertiary alicyclic amines) is 1. The van der Waals surface area contributed by atoms with Gasteiger partial charge in [-0.3, -0.25) is 4.90 Å². The average Bonchev–Trinajstić information content (AvgIpc) is 2.49. The fraction of sp³-hybridized carbons (Fsp3) is 0.647. The molecule has 0 bridgehead atoms. The minimum atomic E-state index is 0.786. The summed E-state index contributed by atoms with van der Waals surface area (Å²) in [5.74, 6) is 0.786. The van der Waals surface area contributed by atoms with Crippen molar-refractivity contribution in [2.75, 3.05) is 26.2 Å². The third-order valence-electron chi connectivity index (χ3n) is 4.87. The van der Waals surface area contributed by atoms with Crippen LogP contribution in [-0.2, 0) is 0 Å². The average molecular weight is 258 g/mol. The van der Waals surface area contributed by atoms with E-state index in [0.29, 0.717) is 0 Å². The molecule has 1 aromatic carbocycles. The highest BCUT2D eigenvalue weighted by atomic mass is 15.2. The van der Waals surface area contributed by atoms with Gasteiger partial charge >= 0.3 is 0 Å². The van der Waals surface area contributed by atoms with Crippen LogP contribution in [0, 0.1) is 6.92 Å². The first-order valence-electron chi connectivity index (χ1n) is 7.84. The minimum Gasteiger partial charge on any atom is -0.315 e. The van der Waals surface area contributed by atoms with Crippen LogP contribution in [0.1, 0.15) is 42.7 Å². The number of hydrogen-bond donors (Lipinski definition) is 1. The Labute approximate surface area is 117 Å². The van der Waals surface area contributed by atoms with E-state index in [0.717, 1.165) is 12.0 Å². The summed E-state index contributed by atoms with van der Waals surface area (Å²) < 4.78 is 0. The Morgan fingerprint density at radius 1 is 1.05 bits per heavy atom. The maximum atomic E-state index is 3.54. The molecule has 0 amide bonds. The summed E-state index contributed by atoms with van der Waals surface area (Å²) in [7, 11) is 0. The van der Waals surface area contributed by atoms with Gasteiger partial charge in [-0.2, -0.15) is 0 Å². The first-order chi connectivity index (χ1) is 9.33. The molecule has 0 saturated carbocycles. The molecule has 1 unspecified atom stereocenters. The third kappa shape index (κ3) is 3.18. The number of aryl methyl sites for hydroxylation is 1. The molecular formula is C17H26N2. The molecule has 2 aliphatic heterocycles.